The summed E-state index contributed by atoms with van der Waals surface area (Å²) < 4.78 is 14.8. The Morgan fingerprint density at radius 3 is 2.74 bits per heavy atom. The Bertz CT molecular complexity index is 1240. The molecule has 0 radical (unpaired) electrons. The molecular formula is C24H24FN5O. The van der Waals surface area contributed by atoms with Crippen molar-refractivity contribution in [2.75, 3.05) is 0 Å². The van der Waals surface area contributed by atoms with Gasteiger partial charge in [0.2, 0.25) is 0 Å². The normalized spacial score (nSPS) is 21.7. The number of aromatic nitrogens is 4. The molecule has 4 aromatic rings. The number of hydrogen-bond acceptors (Lipinski definition) is 5. The summed E-state index contributed by atoms with van der Waals surface area (Å²) in [5.74, 6) is 0.804. The van der Waals surface area contributed by atoms with Crippen molar-refractivity contribution in [1.82, 2.24) is 19.7 Å². The van der Waals surface area contributed by atoms with E-state index in [-0.39, 0.29) is 12.0 Å². The van der Waals surface area contributed by atoms with Crippen LogP contribution in [0, 0.1) is 5.92 Å². The molecule has 3 N–H and O–H groups in total. The first-order valence-corrected chi connectivity index (χ1v) is 10.4. The number of fused-ring (bicyclic) bond motifs is 1. The molecular weight excluding hydrogens is 393 g/mol. The molecule has 3 aromatic heterocycles. The Balaban J connectivity index is 1.50. The highest BCUT2D eigenvalue weighted by Crippen LogP contribution is 2.43. The maximum absolute atomic E-state index is 13.1. The zero-order chi connectivity index (χ0) is 21.6. The molecule has 0 unspecified atom stereocenters. The Hall–Kier alpha value is -3.16. The zero-order valence-corrected chi connectivity index (χ0v) is 17.2. The van der Waals surface area contributed by atoms with Crippen LogP contribution in [0.2, 0.25) is 0 Å². The number of rotatable bonds is 5. The van der Waals surface area contributed by atoms with Gasteiger partial charge in [0.05, 0.1) is 40.4 Å². The highest BCUT2D eigenvalue weighted by atomic mass is 19.1. The van der Waals surface area contributed by atoms with Crippen LogP contribution in [0.25, 0.3) is 28.0 Å². The predicted octanol–water partition coefficient (Wildman–Crippen LogP) is 4.11. The van der Waals surface area contributed by atoms with E-state index in [2.05, 4.69) is 10.1 Å². The van der Waals surface area contributed by atoms with E-state index in [1.54, 1.807) is 23.0 Å². The second-order valence-electron chi connectivity index (χ2n) is 8.59. The summed E-state index contributed by atoms with van der Waals surface area (Å²) in [5.41, 5.74) is 9.65. The number of aliphatic hydroxyl groups is 1. The second-order valence-corrected chi connectivity index (χ2v) is 8.59. The van der Waals surface area contributed by atoms with Gasteiger partial charge in [-0.2, -0.15) is 5.10 Å². The van der Waals surface area contributed by atoms with Gasteiger partial charge in [-0.15, -0.1) is 0 Å². The third-order valence-corrected chi connectivity index (χ3v) is 6.04. The van der Waals surface area contributed by atoms with Crippen LogP contribution >= 0.6 is 0 Å². The van der Waals surface area contributed by atoms with E-state index in [1.165, 1.54) is 0 Å². The van der Waals surface area contributed by atoms with Crippen LogP contribution in [-0.4, -0.2) is 30.5 Å². The van der Waals surface area contributed by atoms with Gasteiger partial charge in [0.1, 0.15) is 6.67 Å². The molecule has 0 saturated heterocycles. The van der Waals surface area contributed by atoms with Crippen LogP contribution in [0.5, 0.6) is 0 Å². The van der Waals surface area contributed by atoms with Gasteiger partial charge < -0.3 is 10.8 Å². The Morgan fingerprint density at radius 1 is 1.16 bits per heavy atom. The van der Waals surface area contributed by atoms with Crippen LogP contribution in [0.1, 0.15) is 37.2 Å². The van der Waals surface area contributed by atoms with E-state index in [9.17, 15) is 9.50 Å². The molecule has 6 nitrogen and oxygen atoms in total. The zero-order valence-electron chi connectivity index (χ0n) is 17.2. The van der Waals surface area contributed by atoms with Gasteiger partial charge >= 0.3 is 0 Å². The van der Waals surface area contributed by atoms with Crippen molar-refractivity contribution in [2.45, 2.75) is 38.1 Å². The largest absolute Gasteiger partial charge is 0.390 e. The first-order chi connectivity index (χ1) is 14.9. The minimum atomic E-state index is -0.619. The summed E-state index contributed by atoms with van der Waals surface area (Å²) in [4.78, 5) is 9.16. The second kappa shape index (κ2) is 7.51. The number of halogens is 1. The SMILES string of the molecule is CC1(O)CC([C@H](N)c2cccc(-c3ccc4cnn(-c5cccc(CF)n5)c4c3)n2)C1. The number of nitrogens with zero attached hydrogens (tertiary/aromatic N) is 4. The minimum Gasteiger partial charge on any atom is -0.390 e. The molecule has 7 heteroatoms. The van der Waals surface area contributed by atoms with Crippen LogP contribution < -0.4 is 5.73 Å². The predicted molar refractivity (Wildman–Crippen MR) is 117 cm³/mol. The molecule has 31 heavy (non-hydrogen) atoms. The molecule has 1 atom stereocenters. The molecule has 1 saturated carbocycles. The lowest BCUT2D eigenvalue weighted by Crippen LogP contribution is -2.45. The molecule has 3 heterocycles. The number of alkyl halides is 1. The number of benzene rings is 1. The third kappa shape index (κ3) is 3.71. The van der Waals surface area contributed by atoms with E-state index in [4.69, 9.17) is 10.7 Å². The summed E-state index contributed by atoms with van der Waals surface area (Å²) in [7, 11) is 0. The van der Waals surface area contributed by atoms with Crippen LogP contribution in [-0.2, 0) is 6.67 Å². The molecule has 1 aromatic carbocycles. The number of pyridine rings is 2. The van der Waals surface area contributed by atoms with Crippen molar-refractivity contribution in [3.05, 3.63) is 72.2 Å². The first kappa shape index (κ1) is 19.8. The molecule has 1 fully saturated rings. The van der Waals surface area contributed by atoms with Crippen LogP contribution in [0.15, 0.2) is 60.8 Å². The van der Waals surface area contributed by atoms with Crippen molar-refractivity contribution in [1.29, 1.82) is 0 Å². The molecule has 1 aliphatic carbocycles. The van der Waals surface area contributed by atoms with Crippen molar-refractivity contribution in [3.63, 3.8) is 0 Å². The standard InChI is InChI=1S/C24H24FN5O/c1-24(31)11-17(12-24)23(26)20-6-3-5-19(29-20)15-8-9-16-14-27-30(21(16)10-15)22-7-2-4-18(13-25)28-22/h2-10,14,17,23,31H,11-13,26H2,1H3/t17?,23-,24?/m0/s1. The van der Waals surface area contributed by atoms with Crippen molar-refractivity contribution in [3.8, 4) is 17.1 Å². The van der Waals surface area contributed by atoms with E-state index in [1.807, 2.05) is 49.4 Å². The molecule has 0 amide bonds. The van der Waals surface area contributed by atoms with E-state index in [0.29, 0.717) is 24.4 Å². The maximum atomic E-state index is 13.1. The number of nitrogens with two attached hydrogens (primary N) is 1. The van der Waals surface area contributed by atoms with Gasteiger partial charge in [-0.1, -0.05) is 24.3 Å². The van der Waals surface area contributed by atoms with Gasteiger partial charge in [-0.3, -0.25) is 4.98 Å². The third-order valence-electron chi connectivity index (χ3n) is 6.04. The van der Waals surface area contributed by atoms with Gasteiger partial charge in [-0.05, 0) is 56.0 Å². The van der Waals surface area contributed by atoms with Crippen LogP contribution in [0.4, 0.5) is 4.39 Å². The summed E-state index contributed by atoms with van der Waals surface area (Å²) in [6.07, 6.45) is 3.15. The lowest BCUT2D eigenvalue weighted by Gasteiger charge is -2.43. The Morgan fingerprint density at radius 2 is 1.97 bits per heavy atom. The monoisotopic (exact) mass is 417 g/mol. The van der Waals surface area contributed by atoms with E-state index in [0.717, 1.165) is 27.9 Å². The van der Waals surface area contributed by atoms with Crippen molar-refractivity contribution in [2.24, 2.45) is 11.7 Å². The Kier molecular flexibility index (Phi) is 4.79. The molecule has 0 spiro atoms. The van der Waals surface area contributed by atoms with Crippen molar-refractivity contribution < 1.29 is 9.50 Å². The van der Waals surface area contributed by atoms with Gasteiger partial charge in [0, 0.05) is 10.9 Å². The fraction of sp³-hybridized carbons (Fsp3) is 0.292. The minimum absolute atomic E-state index is 0.206. The fourth-order valence-electron chi connectivity index (χ4n) is 4.38. The van der Waals surface area contributed by atoms with E-state index >= 15 is 0 Å². The summed E-state index contributed by atoms with van der Waals surface area (Å²) in [6.45, 7) is 1.22. The topological polar surface area (TPSA) is 89.8 Å². The molecule has 5 rings (SSSR count). The van der Waals surface area contributed by atoms with Gasteiger partial charge in [0.15, 0.2) is 5.82 Å². The first-order valence-electron chi connectivity index (χ1n) is 10.4. The van der Waals surface area contributed by atoms with Gasteiger partial charge in [0.25, 0.3) is 0 Å². The lowest BCUT2D eigenvalue weighted by molar-refractivity contribution is -0.0654. The summed E-state index contributed by atoms with van der Waals surface area (Å²) >= 11 is 0. The summed E-state index contributed by atoms with van der Waals surface area (Å²) in [6, 6.07) is 16.9. The van der Waals surface area contributed by atoms with Crippen LogP contribution in [0.3, 0.4) is 0 Å². The molecule has 0 aliphatic heterocycles. The molecule has 158 valence electrons. The fourth-order valence-corrected chi connectivity index (χ4v) is 4.38. The average Bonchev–Trinajstić information content (AvgIpc) is 3.20. The molecule has 1 aliphatic rings. The molecule has 0 bridgehead atoms. The van der Waals surface area contributed by atoms with E-state index < -0.39 is 12.3 Å². The highest BCUT2D eigenvalue weighted by molar-refractivity contribution is 5.84. The Labute approximate surface area is 179 Å². The smallest absolute Gasteiger partial charge is 0.154 e. The van der Waals surface area contributed by atoms with Crippen molar-refractivity contribution >= 4 is 10.9 Å². The number of hydrogen-bond donors (Lipinski definition) is 2. The quantitative estimate of drug-likeness (QED) is 0.510. The lowest BCUT2D eigenvalue weighted by atomic mass is 9.68. The maximum Gasteiger partial charge on any atom is 0.154 e. The highest BCUT2D eigenvalue weighted by Gasteiger charge is 2.42. The summed E-state index contributed by atoms with van der Waals surface area (Å²) in [5, 5.41) is 15.4. The van der Waals surface area contributed by atoms with Gasteiger partial charge in [-0.25, -0.2) is 14.1 Å². The average molecular weight is 417 g/mol.